The van der Waals surface area contributed by atoms with E-state index in [1.165, 1.54) is 0 Å². The van der Waals surface area contributed by atoms with Gasteiger partial charge in [0.25, 0.3) is 0 Å². The van der Waals surface area contributed by atoms with Crippen LogP contribution in [0.3, 0.4) is 0 Å². The molecule has 0 bridgehead atoms. The number of nitrogens with one attached hydrogen (secondary N) is 2. The Hall–Kier alpha value is -2.57. The van der Waals surface area contributed by atoms with Gasteiger partial charge in [-0.25, -0.2) is 0 Å². The van der Waals surface area contributed by atoms with Crippen LogP contribution >= 0.6 is 0 Å². The number of aromatic hydroxyl groups is 1. The summed E-state index contributed by atoms with van der Waals surface area (Å²) in [7, 11) is 0. The summed E-state index contributed by atoms with van der Waals surface area (Å²) in [5.41, 5.74) is 1.08. The molecule has 0 atom stereocenters. The molecule has 0 aliphatic rings. The maximum atomic E-state index is 9.48. The number of phenols is 1. The summed E-state index contributed by atoms with van der Waals surface area (Å²) in [6.45, 7) is 7.13. The molecule has 0 unspecified atom stereocenters. The van der Waals surface area contributed by atoms with Crippen molar-refractivity contribution >= 4 is 5.96 Å². The van der Waals surface area contributed by atoms with Gasteiger partial charge in [0.15, 0.2) is 5.96 Å². The molecule has 1 aromatic heterocycles. The topological polar surface area (TPSA) is 87.4 Å². The van der Waals surface area contributed by atoms with Gasteiger partial charge in [0.1, 0.15) is 17.9 Å². The van der Waals surface area contributed by atoms with Gasteiger partial charge in [0.2, 0.25) is 0 Å². The lowest BCUT2D eigenvalue weighted by atomic mass is 10.1. The minimum absolute atomic E-state index is 0.294. The Labute approximate surface area is 142 Å². The molecule has 1 aromatic carbocycles. The fourth-order valence-electron chi connectivity index (χ4n) is 2.38. The quantitative estimate of drug-likeness (QED) is 0.502. The fraction of sp³-hybridized carbons (Fsp3) is 0.471. The predicted molar refractivity (Wildman–Crippen MR) is 95.2 cm³/mol. The van der Waals surface area contributed by atoms with E-state index in [0.29, 0.717) is 12.3 Å². The summed E-state index contributed by atoms with van der Waals surface area (Å²) in [4.78, 5) is 4.57. The van der Waals surface area contributed by atoms with E-state index in [-0.39, 0.29) is 0 Å². The van der Waals surface area contributed by atoms with E-state index < -0.39 is 0 Å². The number of hydrogen-bond acceptors (Lipinski definition) is 4. The Kier molecular flexibility index (Phi) is 7.07. The van der Waals surface area contributed by atoms with Crippen LogP contribution in [0.15, 0.2) is 35.6 Å². The largest absolute Gasteiger partial charge is 0.508 e. The van der Waals surface area contributed by atoms with Gasteiger partial charge >= 0.3 is 0 Å². The lowest BCUT2D eigenvalue weighted by Crippen LogP contribution is -2.39. The standard InChI is InChI=1S/C17H26N6O/c1-3-16-22-21-13-23(16)11-10-20-17(18-4-2)19-9-8-14-6-5-7-15(24)12-14/h5-7,12-13,24H,3-4,8-11H2,1-2H3,(H2,18,19,20). The van der Waals surface area contributed by atoms with E-state index in [0.717, 1.165) is 49.8 Å². The van der Waals surface area contributed by atoms with E-state index in [9.17, 15) is 5.11 Å². The highest BCUT2D eigenvalue weighted by atomic mass is 16.3. The van der Waals surface area contributed by atoms with Crippen LogP contribution in [-0.2, 0) is 19.4 Å². The number of rotatable bonds is 8. The number of aromatic nitrogens is 3. The summed E-state index contributed by atoms with van der Waals surface area (Å²) < 4.78 is 2.04. The summed E-state index contributed by atoms with van der Waals surface area (Å²) in [5.74, 6) is 2.08. The number of aryl methyl sites for hydroxylation is 1. The molecular weight excluding hydrogens is 304 g/mol. The van der Waals surface area contributed by atoms with E-state index in [1.54, 1.807) is 18.5 Å². The first-order valence-corrected chi connectivity index (χ1v) is 8.39. The van der Waals surface area contributed by atoms with Gasteiger partial charge < -0.3 is 20.3 Å². The van der Waals surface area contributed by atoms with Gasteiger partial charge in [0, 0.05) is 32.6 Å². The molecule has 2 rings (SSSR count). The highest BCUT2D eigenvalue weighted by Crippen LogP contribution is 2.11. The van der Waals surface area contributed by atoms with Crippen LogP contribution in [0.1, 0.15) is 25.2 Å². The number of nitrogens with zero attached hydrogens (tertiary/aromatic N) is 4. The van der Waals surface area contributed by atoms with E-state index in [2.05, 4.69) is 32.7 Å². The van der Waals surface area contributed by atoms with Crippen LogP contribution in [0.25, 0.3) is 0 Å². The minimum atomic E-state index is 0.294. The van der Waals surface area contributed by atoms with E-state index >= 15 is 0 Å². The molecule has 7 heteroatoms. The second kappa shape index (κ2) is 9.54. The van der Waals surface area contributed by atoms with Crippen molar-refractivity contribution in [2.75, 3.05) is 19.6 Å². The van der Waals surface area contributed by atoms with Crippen molar-refractivity contribution in [3.63, 3.8) is 0 Å². The van der Waals surface area contributed by atoms with Gasteiger partial charge in [-0.05, 0) is 31.0 Å². The van der Waals surface area contributed by atoms with E-state index in [1.807, 2.05) is 23.6 Å². The third-order valence-electron chi connectivity index (χ3n) is 3.58. The second-order valence-electron chi connectivity index (χ2n) is 5.40. The molecule has 0 saturated carbocycles. The maximum absolute atomic E-state index is 9.48. The zero-order valence-electron chi connectivity index (χ0n) is 14.4. The van der Waals surface area contributed by atoms with Gasteiger partial charge in [0.05, 0.1) is 0 Å². The first-order chi connectivity index (χ1) is 11.7. The van der Waals surface area contributed by atoms with Crippen molar-refractivity contribution in [3.05, 3.63) is 42.0 Å². The molecule has 0 aliphatic carbocycles. The lowest BCUT2D eigenvalue weighted by molar-refractivity contribution is 0.474. The SMILES string of the molecule is CCNC(=NCCc1cccc(O)c1)NCCn1cnnc1CC. The van der Waals surface area contributed by atoms with Crippen LogP contribution in [-0.4, -0.2) is 45.5 Å². The Balaban J connectivity index is 1.82. The van der Waals surface area contributed by atoms with E-state index in [4.69, 9.17) is 0 Å². The van der Waals surface area contributed by atoms with Crippen molar-refractivity contribution in [2.45, 2.75) is 33.2 Å². The van der Waals surface area contributed by atoms with Crippen LogP contribution in [0.2, 0.25) is 0 Å². The lowest BCUT2D eigenvalue weighted by Gasteiger charge is -2.12. The molecule has 7 nitrogen and oxygen atoms in total. The van der Waals surface area contributed by atoms with Crippen LogP contribution in [0.5, 0.6) is 5.75 Å². The number of benzene rings is 1. The van der Waals surface area contributed by atoms with Gasteiger partial charge in [-0.3, -0.25) is 4.99 Å². The molecule has 0 fully saturated rings. The average Bonchev–Trinajstić information content (AvgIpc) is 3.02. The molecule has 24 heavy (non-hydrogen) atoms. The fourth-order valence-corrected chi connectivity index (χ4v) is 2.38. The van der Waals surface area contributed by atoms with Crippen molar-refractivity contribution in [2.24, 2.45) is 4.99 Å². The predicted octanol–water partition coefficient (Wildman–Crippen LogP) is 1.34. The molecule has 0 radical (unpaired) electrons. The first kappa shape index (κ1) is 17.8. The van der Waals surface area contributed by atoms with Gasteiger partial charge in [-0.2, -0.15) is 0 Å². The molecule has 0 aliphatic heterocycles. The smallest absolute Gasteiger partial charge is 0.191 e. The average molecular weight is 330 g/mol. The van der Waals surface area contributed by atoms with Crippen LogP contribution < -0.4 is 10.6 Å². The molecule has 3 N–H and O–H groups in total. The van der Waals surface area contributed by atoms with Crippen molar-refractivity contribution in [1.29, 1.82) is 0 Å². The number of hydrogen-bond donors (Lipinski definition) is 3. The summed E-state index contributed by atoms with van der Waals surface area (Å²) in [6.07, 6.45) is 3.42. The first-order valence-electron chi connectivity index (χ1n) is 8.39. The molecule has 0 spiro atoms. The summed E-state index contributed by atoms with van der Waals surface area (Å²) in [5, 5.41) is 24.1. The molecular formula is C17H26N6O. The number of guanidine groups is 1. The Morgan fingerprint density at radius 1 is 1.29 bits per heavy atom. The zero-order chi connectivity index (χ0) is 17.2. The normalized spacial score (nSPS) is 11.5. The van der Waals surface area contributed by atoms with Crippen molar-refractivity contribution in [1.82, 2.24) is 25.4 Å². The minimum Gasteiger partial charge on any atom is -0.508 e. The molecule has 130 valence electrons. The molecule has 0 saturated heterocycles. The number of phenolic OH excluding ortho intramolecular Hbond substituents is 1. The highest BCUT2D eigenvalue weighted by Gasteiger charge is 2.02. The Morgan fingerprint density at radius 2 is 2.17 bits per heavy atom. The Morgan fingerprint density at radius 3 is 2.92 bits per heavy atom. The highest BCUT2D eigenvalue weighted by molar-refractivity contribution is 5.79. The number of aliphatic imine (C=N–C) groups is 1. The van der Waals surface area contributed by atoms with Gasteiger partial charge in [-0.1, -0.05) is 19.1 Å². The Bertz CT molecular complexity index is 652. The molecule has 0 amide bonds. The monoisotopic (exact) mass is 330 g/mol. The van der Waals surface area contributed by atoms with Crippen molar-refractivity contribution < 1.29 is 5.11 Å². The third kappa shape index (κ3) is 5.57. The third-order valence-corrected chi connectivity index (χ3v) is 3.58. The van der Waals surface area contributed by atoms with Gasteiger partial charge in [-0.15, -0.1) is 10.2 Å². The second-order valence-corrected chi connectivity index (χ2v) is 5.40. The summed E-state index contributed by atoms with van der Waals surface area (Å²) >= 11 is 0. The van der Waals surface area contributed by atoms with Crippen LogP contribution in [0, 0.1) is 0 Å². The van der Waals surface area contributed by atoms with Crippen molar-refractivity contribution in [3.8, 4) is 5.75 Å². The summed E-state index contributed by atoms with van der Waals surface area (Å²) in [6, 6.07) is 7.29. The molecule has 2 aromatic rings. The van der Waals surface area contributed by atoms with Crippen LogP contribution in [0.4, 0.5) is 0 Å². The zero-order valence-corrected chi connectivity index (χ0v) is 14.4. The molecule has 1 heterocycles. The maximum Gasteiger partial charge on any atom is 0.191 e.